The molecule has 0 amide bonds. The normalized spacial score (nSPS) is 14.1. The van der Waals surface area contributed by atoms with Crippen molar-refractivity contribution >= 4 is 61.8 Å². The molecule has 9 aromatic carbocycles. The van der Waals surface area contributed by atoms with Gasteiger partial charge >= 0.3 is 0 Å². The third-order valence-corrected chi connectivity index (χ3v) is 14.1. The molecule has 1 aliphatic heterocycles. The van der Waals surface area contributed by atoms with Gasteiger partial charge < -0.3 is 9.47 Å². The maximum atomic E-state index is 2.55. The van der Waals surface area contributed by atoms with Gasteiger partial charge in [0.15, 0.2) is 6.71 Å². The molecule has 62 heavy (non-hydrogen) atoms. The Morgan fingerprint density at radius 1 is 0.500 bits per heavy atom. The van der Waals surface area contributed by atoms with E-state index in [1.165, 1.54) is 95.3 Å². The monoisotopic (exact) mass is 794 g/mol. The molecule has 3 heteroatoms. The second kappa shape index (κ2) is 14.5. The lowest BCUT2D eigenvalue weighted by Gasteiger charge is -2.30. The summed E-state index contributed by atoms with van der Waals surface area (Å²) in [5.41, 5.74) is 19.3. The van der Waals surface area contributed by atoms with E-state index in [1.54, 1.807) is 0 Å². The second-order valence-corrected chi connectivity index (χ2v) is 18.0. The number of hydrogen-bond donors (Lipinski definition) is 0. The van der Waals surface area contributed by atoms with Crippen molar-refractivity contribution in [1.29, 1.82) is 0 Å². The molecule has 2 nitrogen and oxygen atoms in total. The van der Waals surface area contributed by atoms with Crippen LogP contribution >= 0.6 is 0 Å². The Labute approximate surface area is 364 Å². The Morgan fingerprint density at radius 2 is 1.21 bits per heavy atom. The van der Waals surface area contributed by atoms with Crippen molar-refractivity contribution in [2.45, 2.75) is 44.7 Å². The fraction of sp³-hybridized carbons (Fsp3) is 0.119. The molecule has 0 fully saturated rings. The molecule has 0 unspecified atom stereocenters. The molecule has 0 saturated carbocycles. The van der Waals surface area contributed by atoms with Crippen molar-refractivity contribution < 1.29 is 0 Å². The number of hydrogen-bond acceptors (Lipinski definition) is 1. The SMILES string of the molecule is CC1(C)c2ccccc2-c2c(-c3ccc4c(c3)CB(c3ccccc3)CCC4)cc(N(c3cccc(-n4c5ccccc5c5ccccc54)c3)c3ccc4ccccc4c3)cc21. The van der Waals surface area contributed by atoms with E-state index in [2.05, 4.69) is 224 Å². The summed E-state index contributed by atoms with van der Waals surface area (Å²) in [5, 5.41) is 4.99. The molecule has 10 aromatic rings. The summed E-state index contributed by atoms with van der Waals surface area (Å²) in [6.45, 7) is 5.35. The highest BCUT2D eigenvalue weighted by molar-refractivity contribution is 6.72. The van der Waals surface area contributed by atoms with Crippen molar-refractivity contribution in [3.05, 3.63) is 222 Å². The first-order valence-corrected chi connectivity index (χ1v) is 22.3. The van der Waals surface area contributed by atoms with Gasteiger partial charge in [-0.05, 0) is 117 Å². The number of nitrogens with zero attached hydrogens (tertiary/aromatic N) is 2. The van der Waals surface area contributed by atoms with E-state index in [0.717, 1.165) is 35.5 Å². The lowest BCUT2D eigenvalue weighted by Crippen LogP contribution is -2.31. The van der Waals surface area contributed by atoms with E-state index in [1.807, 2.05) is 0 Å². The maximum absolute atomic E-state index is 2.55. The molecule has 0 spiro atoms. The Morgan fingerprint density at radius 3 is 2.03 bits per heavy atom. The largest absolute Gasteiger partial charge is 0.310 e. The van der Waals surface area contributed by atoms with Gasteiger partial charge in [0.2, 0.25) is 0 Å². The molecular formula is C59H47BN2. The van der Waals surface area contributed by atoms with Crippen molar-refractivity contribution in [3.63, 3.8) is 0 Å². The van der Waals surface area contributed by atoms with Crippen LogP contribution in [0.5, 0.6) is 0 Å². The van der Waals surface area contributed by atoms with Crippen molar-refractivity contribution in [1.82, 2.24) is 4.57 Å². The van der Waals surface area contributed by atoms with Crippen molar-refractivity contribution in [3.8, 4) is 27.9 Å². The molecule has 2 aliphatic rings. The molecule has 2 heterocycles. The van der Waals surface area contributed by atoms with E-state index in [-0.39, 0.29) is 5.41 Å². The summed E-state index contributed by atoms with van der Waals surface area (Å²) < 4.78 is 2.43. The van der Waals surface area contributed by atoms with Gasteiger partial charge in [-0.2, -0.15) is 0 Å². The lowest BCUT2D eigenvalue weighted by atomic mass is 9.40. The van der Waals surface area contributed by atoms with Crippen LogP contribution < -0.4 is 10.4 Å². The molecule has 1 aliphatic carbocycles. The number of benzene rings is 9. The second-order valence-electron chi connectivity index (χ2n) is 18.0. The summed E-state index contributed by atoms with van der Waals surface area (Å²) in [6, 6.07) is 75.1. The number of anilines is 3. The number of aryl methyl sites for hydroxylation is 1. The van der Waals surface area contributed by atoms with Crippen LogP contribution in [0.1, 0.15) is 42.5 Å². The highest BCUT2D eigenvalue weighted by Crippen LogP contribution is 2.55. The van der Waals surface area contributed by atoms with Gasteiger partial charge in [-0.3, -0.25) is 0 Å². The fourth-order valence-electron chi connectivity index (χ4n) is 11.0. The molecule has 12 rings (SSSR count). The van der Waals surface area contributed by atoms with Crippen LogP contribution in [0.15, 0.2) is 200 Å². The van der Waals surface area contributed by atoms with E-state index < -0.39 is 0 Å². The first-order chi connectivity index (χ1) is 30.5. The zero-order valence-electron chi connectivity index (χ0n) is 35.4. The van der Waals surface area contributed by atoms with Gasteiger partial charge in [-0.25, -0.2) is 0 Å². The van der Waals surface area contributed by atoms with Crippen LogP contribution in [0, 0.1) is 0 Å². The van der Waals surface area contributed by atoms with E-state index in [4.69, 9.17) is 0 Å². The third kappa shape index (κ3) is 5.94. The first-order valence-electron chi connectivity index (χ1n) is 22.3. The molecular weight excluding hydrogens is 747 g/mol. The highest BCUT2D eigenvalue weighted by Gasteiger charge is 2.38. The zero-order valence-corrected chi connectivity index (χ0v) is 35.4. The maximum Gasteiger partial charge on any atom is 0.180 e. The minimum Gasteiger partial charge on any atom is -0.310 e. The zero-order chi connectivity index (χ0) is 41.4. The van der Waals surface area contributed by atoms with E-state index in [0.29, 0.717) is 6.71 Å². The van der Waals surface area contributed by atoms with Crippen molar-refractivity contribution in [2.24, 2.45) is 0 Å². The quantitative estimate of drug-likeness (QED) is 0.152. The Bertz CT molecular complexity index is 3300. The Kier molecular flexibility index (Phi) is 8.61. The van der Waals surface area contributed by atoms with Gasteiger partial charge in [0.25, 0.3) is 0 Å². The van der Waals surface area contributed by atoms with Crippen LogP contribution in [-0.4, -0.2) is 11.3 Å². The first kappa shape index (κ1) is 36.7. The van der Waals surface area contributed by atoms with Crippen molar-refractivity contribution in [2.75, 3.05) is 4.90 Å². The molecule has 0 bridgehead atoms. The average molecular weight is 795 g/mol. The number of aromatic nitrogens is 1. The van der Waals surface area contributed by atoms with Crippen LogP contribution in [0.4, 0.5) is 17.1 Å². The number of fused-ring (bicyclic) bond motifs is 8. The van der Waals surface area contributed by atoms with Crippen LogP contribution in [0.25, 0.3) is 60.5 Å². The van der Waals surface area contributed by atoms with E-state index in [9.17, 15) is 0 Å². The summed E-state index contributed by atoms with van der Waals surface area (Å²) >= 11 is 0. The molecule has 0 radical (unpaired) electrons. The van der Waals surface area contributed by atoms with Crippen LogP contribution in [0.3, 0.4) is 0 Å². The summed E-state index contributed by atoms with van der Waals surface area (Å²) in [5.74, 6) is 0. The average Bonchev–Trinajstić information content (AvgIpc) is 3.66. The summed E-state index contributed by atoms with van der Waals surface area (Å²) in [4.78, 5) is 2.50. The number of rotatable bonds is 6. The summed E-state index contributed by atoms with van der Waals surface area (Å²) in [6.07, 6.45) is 4.63. The molecule has 1 aromatic heterocycles. The minimum absolute atomic E-state index is 0.194. The molecule has 296 valence electrons. The molecule has 0 saturated heterocycles. The predicted molar refractivity (Wildman–Crippen MR) is 265 cm³/mol. The predicted octanol–water partition coefficient (Wildman–Crippen LogP) is 14.8. The highest BCUT2D eigenvalue weighted by atomic mass is 15.1. The topological polar surface area (TPSA) is 8.17 Å². The van der Waals surface area contributed by atoms with Gasteiger partial charge in [0.1, 0.15) is 0 Å². The van der Waals surface area contributed by atoms with Gasteiger partial charge in [0.05, 0.1) is 11.0 Å². The van der Waals surface area contributed by atoms with E-state index >= 15 is 0 Å². The summed E-state index contributed by atoms with van der Waals surface area (Å²) in [7, 11) is 0. The van der Waals surface area contributed by atoms with Gasteiger partial charge in [-0.15, -0.1) is 0 Å². The van der Waals surface area contributed by atoms with Gasteiger partial charge in [0, 0.05) is 38.9 Å². The van der Waals surface area contributed by atoms with Crippen LogP contribution in [0.2, 0.25) is 6.32 Å². The lowest BCUT2D eigenvalue weighted by molar-refractivity contribution is 0.660. The molecule has 0 N–H and O–H groups in total. The van der Waals surface area contributed by atoms with Gasteiger partial charge in [-0.1, -0.05) is 183 Å². The fourth-order valence-corrected chi connectivity index (χ4v) is 11.0. The number of para-hydroxylation sites is 2. The Hall–Kier alpha value is -7.10. The molecule has 0 atom stereocenters. The minimum atomic E-state index is -0.194. The smallest absolute Gasteiger partial charge is 0.180 e. The standard InChI is InChI=1S/C59H47BN2/c1-59(2)54-26-11-8-25-52(54)58-53(43-30-29-41-18-15-33-60(39-44(41)34-43)45-19-4-3-5-20-45)37-49(38-55(58)59)61(48-32-31-40-16-6-7-17-42(40)35-48)46-21-14-22-47(36-46)62-56-27-12-9-23-50(56)51-24-10-13-28-57(51)62/h3-14,16-17,19-32,34-38H,15,18,33,39H2,1-2H3. The third-order valence-electron chi connectivity index (χ3n) is 14.1. The van der Waals surface area contributed by atoms with Crippen LogP contribution in [-0.2, 0) is 18.2 Å². The Balaban J connectivity index is 1.09.